The van der Waals surface area contributed by atoms with Crippen LogP contribution in [0.1, 0.15) is 17.4 Å². The molecular formula is C15H19FN2O3S. The third-order valence-electron chi connectivity index (χ3n) is 3.26. The smallest absolute Gasteiger partial charge is 0.215 e. The lowest BCUT2D eigenvalue weighted by Gasteiger charge is -2.22. The fourth-order valence-electron chi connectivity index (χ4n) is 2.08. The van der Waals surface area contributed by atoms with E-state index in [9.17, 15) is 12.8 Å². The lowest BCUT2D eigenvalue weighted by Crippen LogP contribution is -2.35. The number of nitrogens with one attached hydrogen (secondary N) is 1. The molecule has 1 N–H and O–H groups in total. The fraction of sp³-hybridized carbons (Fsp3) is 0.333. The lowest BCUT2D eigenvalue weighted by molar-refractivity contribution is 0.259. The Hall–Kier alpha value is -1.70. The number of benzene rings is 1. The van der Waals surface area contributed by atoms with Crippen LogP contribution >= 0.6 is 0 Å². The van der Waals surface area contributed by atoms with E-state index in [-0.39, 0.29) is 24.2 Å². The second kappa shape index (κ2) is 7.04. The van der Waals surface area contributed by atoms with E-state index in [1.54, 1.807) is 18.4 Å². The van der Waals surface area contributed by atoms with Crippen molar-refractivity contribution in [1.29, 1.82) is 0 Å². The van der Waals surface area contributed by atoms with Crippen molar-refractivity contribution in [1.82, 2.24) is 9.62 Å². The second-order valence-electron chi connectivity index (χ2n) is 5.23. The third-order valence-corrected chi connectivity index (χ3v) is 4.58. The summed E-state index contributed by atoms with van der Waals surface area (Å²) in [7, 11) is 0.189. The highest BCUT2D eigenvalue weighted by atomic mass is 32.2. The molecule has 0 saturated heterocycles. The summed E-state index contributed by atoms with van der Waals surface area (Å²) < 4.78 is 45.0. The van der Waals surface area contributed by atoms with Gasteiger partial charge in [-0.15, -0.1) is 0 Å². The fourth-order valence-corrected chi connectivity index (χ4v) is 3.22. The van der Waals surface area contributed by atoms with Crippen LogP contribution in [0.2, 0.25) is 0 Å². The summed E-state index contributed by atoms with van der Waals surface area (Å²) in [6.07, 6.45) is 1.55. The maximum atomic E-state index is 12.8. The zero-order chi connectivity index (χ0) is 16.2. The maximum Gasteiger partial charge on any atom is 0.215 e. The van der Waals surface area contributed by atoms with Crippen molar-refractivity contribution < 1.29 is 17.2 Å². The summed E-state index contributed by atoms with van der Waals surface area (Å²) in [6.45, 7) is 0.198. The minimum Gasteiger partial charge on any atom is -0.468 e. The summed E-state index contributed by atoms with van der Waals surface area (Å²) in [5.41, 5.74) is 0.535. The monoisotopic (exact) mass is 326 g/mol. The number of hydrogen-bond donors (Lipinski definition) is 1. The first-order chi connectivity index (χ1) is 10.4. The predicted octanol–water partition coefficient (Wildman–Crippen LogP) is 2.14. The van der Waals surface area contributed by atoms with Crippen LogP contribution < -0.4 is 4.72 Å². The van der Waals surface area contributed by atoms with Gasteiger partial charge in [-0.3, -0.25) is 4.90 Å². The van der Waals surface area contributed by atoms with Crippen LogP contribution in [0.5, 0.6) is 0 Å². The number of hydrogen-bond acceptors (Lipinski definition) is 4. The molecule has 1 atom stereocenters. The largest absolute Gasteiger partial charge is 0.468 e. The number of rotatable bonds is 7. The highest BCUT2D eigenvalue weighted by molar-refractivity contribution is 7.88. The van der Waals surface area contributed by atoms with Crippen LogP contribution in [0.3, 0.4) is 0 Å². The van der Waals surface area contributed by atoms with E-state index in [0.717, 1.165) is 0 Å². The molecule has 0 aliphatic heterocycles. The summed E-state index contributed by atoms with van der Waals surface area (Å²) in [5.74, 6) is 0.111. The molecule has 0 spiro atoms. The van der Waals surface area contributed by atoms with Gasteiger partial charge in [0.15, 0.2) is 0 Å². The highest BCUT2D eigenvalue weighted by Gasteiger charge is 2.20. The SMILES string of the molecule is CN(C)[C@@H](CNS(=O)(=O)Cc1ccc(F)cc1)c1ccco1. The van der Waals surface area contributed by atoms with Crippen LogP contribution in [-0.4, -0.2) is 34.0 Å². The van der Waals surface area contributed by atoms with Crippen LogP contribution in [0.4, 0.5) is 4.39 Å². The zero-order valence-corrected chi connectivity index (χ0v) is 13.3. The molecule has 1 aromatic heterocycles. The molecule has 0 amide bonds. The van der Waals surface area contributed by atoms with Crippen molar-refractivity contribution in [3.05, 3.63) is 59.8 Å². The molecule has 0 aliphatic rings. The summed E-state index contributed by atoms with van der Waals surface area (Å²) >= 11 is 0. The molecule has 0 radical (unpaired) electrons. The highest BCUT2D eigenvalue weighted by Crippen LogP contribution is 2.18. The van der Waals surface area contributed by atoms with Gasteiger partial charge in [0, 0.05) is 6.54 Å². The standard InChI is InChI=1S/C15H19FN2O3S/c1-18(2)14(15-4-3-9-21-15)10-17-22(19,20)11-12-5-7-13(16)8-6-12/h3-9,14,17H,10-11H2,1-2H3/t14-/m0/s1. The minimum absolute atomic E-state index is 0.189. The molecule has 1 aromatic carbocycles. The van der Waals surface area contributed by atoms with Crippen LogP contribution in [0.15, 0.2) is 47.1 Å². The Bertz CT molecular complexity index is 682. The molecule has 0 aliphatic carbocycles. The van der Waals surface area contributed by atoms with Gasteiger partial charge in [-0.2, -0.15) is 0 Å². The third kappa shape index (κ3) is 4.66. The van der Waals surface area contributed by atoms with Gasteiger partial charge >= 0.3 is 0 Å². The number of furan rings is 1. The van der Waals surface area contributed by atoms with Crippen molar-refractivity contribution >= 4 is 10.0 Å². The van der Waals surface area contributed by atoms with E-state index < -0.39 is 10.0 Å². The number of likely N-dealkylation sites (N-methyl/N-ethyl adjacent to an activating group) is 1. The zero-order valence-electron chi connectivity index (χ0n) is 12.5. The number of halogens is 1. The average Bonchev–Trinajstić information content (AvgIpc) is 2.95. The molecule has 5 nitrogen and oxygen atoms in total. The van der Waals surface area contributed by atoms with E-state index >= 15 is 0 Å². The maximum absolute atomic E-state index is 12.8. The van der Waals surface area contributed by atoms with Crippen molar-refractivity contribution in [2.45, 2.75) is 11.8 Å². The Balaban J connectivity index is 2.00. The van der Waals surface area contributed by atoms with Gasteiger partial charge in [0.25, 0.3) is 0 Å². The molecule has 1 heterocycles. The Morgan fingerprint density at radius 3 is 2.45 bits per heavy atom. The van der Waals surface area contributed by atoms with Crippen molar-refractivity contribution in [2.75, 3.05) is 20.6 Å². The molecule has 22 heavy (non-hydrogen) atoms. The Labute approximate surface area is 129 Å². The molecule has 0 saturated carbocycles. The molecule has 7 heteroatoms. The summed E-state index contributed by atoms with van der Waals surface area (Å²) in [4.78, 5) is 1.87. The normalized spacial score (nSPS) is 13.5. The Morgan fingerprint density at radius 1 is 1.23 bits per heavy atom. The van der Waals surface area contributed by atoms with Gasteiger partial charge in [0.05, 0.1) is 18.1 Å². The van der Waals surface area contributed by atoms with Crippen LogP contribution in [0.25, 0.3) is 0 Å². The van der Waals surface area contributed by atoms with Crippen molar-refractivity contribution in [3.63, 3.8) is 0 Å². The predicted molar refractivity (Wildman–Crippen MR) is 82.2 cm³/mol. The average molecular weight is 326 g/mol. The summed E-state index contributed by atoms with van der Waals surface area (Å²) in [5, 5.41) is 0. The number of nitrogens with zero attached hydrogens (tertiary/aromatic N) is 1. The van der Waals surface area contributed by atoms with E-state index in [1.807, 2.05) is 19.0 Å². The van der Waals surface area contributed by atoms with Gasteiger partial charge in [0.2, 0.25) is 10.0 Å². The molecule has 2 aromatic rings. The molecule has 0 fully saturated rings. The molecule has 120 valence electrons. The quantitative estimate of drug-likeness (QED) is 0.847. The van der Waals surface area contributed by atoms with Gasteiger partial charge in [-0.25, -0.2) is 17.5 Å². The van der Waals surface area contributed by atoms with E-state index in [4.69, 9.17) is 4.42 Å². The van der Waals surface area contributed by atoms with E-state index in [1.165, 1.54) is 24.3 Å². The van der Waals surface area contributed by atoms with Gasteiger partial charge in [-0.1, -0.05) is 12.1 Å². The first-order valence-electron chi connectivity index (χ1n) is 6.79. The topological polar surface area (TPSA) is 62.6 Å². The molecular weight excluding hydrogens is 307 g/mol. The minimum atomic E-state index is -3.51. The van der Waals surface area contributed by atoms with Crippen LogP contribution in [0, 0.1) is 5.82 Å². The van der Waals surface area contributed by atoms with E-state index in [0.29, 0.717) is 11.3 Å². The Kier molecular flexibility index (Phi) is 5.33. The first kappa shape index (κ1) is 16.7. The first-order valence-corrected chi connectivity index (χ1v) is 8.44. The van der Waals surface area contributed by atoms with Gasteiger partial charge in [0.1, 0.15) is 11.6 Å². The van der Waals surface area contributed by atoms with Crippen molar-refractivity contribution in [3.8, 4) is 0 Å². The second-order valence-corrected chi connectivity index (χ2v) is 7.04. The Morgan fingerprint density at radius 2 is 1.91 bits per heavy atom. The molecule has 0 bridgehead atoms. The van der Waals surface area contributed by atoms with Crippen LogP contribution in [-0.2, 0) is 15.8 Å². The van der Waals surface area contributed by atoms with Gasteiger partial charge in [-0.05, 0) is 43.9 Å². The van der Waals surface area contributed by atoms with Crippen molar-refractivity contribution in [2.24, 2.45) is 0 Å². The van der Waals surface area contributed by atoms with E-state index in [2.05, 4.69) is 4.72 Å². The van der Waals surface area contributed by atoms with Gasteiger partial charge < -0.3 is 4.42 Å². The molecule has 0 unspecified atom stereocenters. The number of sulfonamides is 1. The lowest BCUT2D eigenvalue weighted by atomic mass is 10.2. The molecule has 2 rings (SSSR count). The summed E-state index contributed by atoms with van der Waals surface area (Å²) in [6, 6.07) is 8.79.